The normalized spacial score (nSPS) is 35.5. The Balaban J connectivity index is 1.99. The number of nitrogens with one attached hydrogen (secondary N) is 1. The summed E-state index contributed by atoms with van der Waals surface area (Å²) in [6, 6.07) is 2.24. The molecule has 0 spiro atoms. The van der Waals surface area contributed by atoms with Crippen LogP contribution in [0.15, 0.2) is 0 Å². The van der Waals surface area contributed by atoms with Gasteiger partial charge in [0.2, 0.25) is 5.91 Å². The molecule has 2 fully saturated rings. The molecular formula is C14H22N2O. The van der Waals surface area contributed by atoms with E-state index in [1.54, 1.807) is 0 Å². The van der Waals surface area contributed by atoms with E-state index >= 15 is 0 Å². The Kier molecular flexibility index (Phi) is 3.16. The SMILES string of the molecule is CC1CC(C#N)(C(=O)NC2(C)CCCCC2)C1. The van der Waals surface area contributed by atoms with E-state index in [0.29, 0.717) is 5.92 Å². The van der Waals surface area contributed by atoms with Gasteiger partial charge >= 0.3 is 0 Å². The van der Waals surface area contributed by atoms with Gasteiger partial charge in [-0.15, -0.1) is 0 Å². The number of hydrogen-bond donors (Lipinski definition) is 1. The van der Waals surface area contributed by atoms with Gasteiger partial charge in [-0.05, 0) is 38.5 Å². The summed E-state index contributed by atoms with van der Waals surface area (Å²) in [5, 5.41) is 12.4. The first kappa shape index (κ1) is 12.4. The number of amides is 1. The lowest BCUT2D eigenvalue weighted by Crippen LogP contribution is -2.56. The molecule has 0 aromatic heterocycles. The van der Waals surface area contributed by atoms with E-state index in [2.05, 4.69) is 25.2 Å². The Morgan fingerprint density at radius 2 is 1.88 bits per heavy atom. The quantitative estimate of drug-likeness (QED) is 0.798. The van der Waals surface area contributed by atoms with Crippen molar-refractivity contribution in [1.29, 1.82) is 5.26 Å². The molecule has 3 nitrogen and oxygen atoms in total. The molecular weight excluding hydrogens is 212 g/mol. The average Bonchev–Trinajstić information content (AvgIpc) is 2.24. The number of rotatable bonds is 2. The second-order valence-electron chi connectivity index (χ2n) is 6.28. The van der Waals surface area contributed by atoms with Crippen LogP contribution in [0, 0.1) is 22.7 Å². The number of nitrogens with zero attached hydrogens (tertiary/aromatic N) is 1. The number of nitriles is 1. The lowest BCUT2D eigenvalue weighted by Gasteiger charge is -2.43. The van der Waals surface area contributed by atoms with Crippen LogP contribution in [0.25, 0.3) is 0 Å². The molecule has 94 valence electrons. The maximum atomic E-state index is 12.3. The fourth-order valence-corrected chi connectivity index (χ4v) is 3.31. The first-order valence-corrected chi connectivity index (χ1v) is 6.74. The molecule has 1 N–H and O–H groups in total. The molecule has 17 heavy (non-hydrogen) atoms. The highest BCUT2D eigenvalue weighted by molar-refractivity contribution is 5.87. The lowest BCUT2D eigenvalue weighted by atomic mass is 9.62. The van der Waals surface area contributed by atoms with Gasteiger partial charge < -0.3 is 5.32 Å². The van der Waals surface area contributed by atoms with E-state index in [4.69, 9.17) is 0 Å². The van der Waals surface area contributed by atoms with Crippen LogP contribution in [0.2, 0.25) is 0 Å². The van der Waals surface area contributed by atoms with E-state index in [1.165, 1.54) is 19.3 Å². The van der Waals surface area contributed by atoms with Crippen molar-refractivity contribution in [2.75, 3.05) is 0 Å². The summed E-state index contributed by atoms with van der Waals surface area (Å²) in [4.78, 5) is 12.3. The maximum Gasteiger partial charge on any atom is 0.240 e. The van der Waals surface area contributed by atoms with Gasteiger partial charge in [0, 0.05) is 5.54 Å². The molecule has 0 bridgehead atoms. The highest BCUT2D eigenvalue weighted by Gasteiger charge is 2.50. The first-order chi connectivity index (χ1) is 8.00. The van der Waals surface area contributed by atoms with Crippen molar-refractivity contribution in [3.8, 4) is 6.07 Å². The zero-order chi connectivity index (χ0) is 12.5. The molecule has 2 aliphatic carbocycles. The molecule has 0 heterocycles. The van der Waals surface area contributed by atoms with E-state index in [1.807, 2.05) is 0 Å². The zero-order valence-electron chi connectivity index (χ0n) is 10.9. The van der Waals surface area contributed by atoms with Crippen LogP contribution < -0.4 is 5.32 Å². The van der Waals surface area contributed by atoms with Crippen molar-refractivity contribution in [2.45, 2.75) is 64.3 Å². The molecule has 0 saturated heterocycles. The second-order valence-corrected chi connectivity index (χ2v) is 6.28. The van der Waals surface area contributed by atoms with Crippen LogP contribution >= 0.6 is 0 Å². The Bertz CT molecular complexity index is 344. The summed E-state index contributed by atoms with van der Waals surface area (Å²) >= 11 is 0. The van der Waals surface area contributed by atoms with Crippen LogP contribution in [0.1, 0.15) is 58.8 Å². The van der Waals surface area contributed by atoms with Gasteiger partial charge in [-0.25, -0.2) is 0 Å². The standard InChI is InChI=1S/C14H22N2O/c1-11-8-14(9-11,10-15)12(17)16-13(2)6-4-3-5-7-13/h11H,3-9H2,1-2H3,(H,16,17). The van der Waals surface area contributed by atoms with Crippen LogP contribution in [0.3, 0.4) is 0 Å². The molecule has 0 aromatic carbocycles. The van der Waals surface area contributed by atoms with Crippen molar-refractivity contribution >= 4 is 5.91 Å². The van der Waals surface area contributed by atoms with Gasteiger partial charge in [0.1, 0.15) is 5.41 Å². The molecule has 3 heteroatoms. The smallest absolute Gasteiger partial charge is 0.240 e. The van der Waals surface area contributed by atoms with E-state index in [-0.39, 0.29) is 11.4 Å². The van der Waals surface area contributed by atoms with Crippen LogP contribution in [-0.4, -0.2) is 11.4 Å². The van der Waals surface area contributed by atoms with Gasteiger partial charge in [0.05, 0.1) is 6.07 Å². The number of carbonyl (C=O) groups excluding carboxylic acids is 1. The van der Waals surface area contributed by atoms with Crippen molar-refractivity contribution in [1.82, 2.24) is 5.32 Å². The maximum absolute atomic E-state index is 12.3. The Labute approximate surface area is 104 Å². The molecule has 0 radical (unpaired) electrons. The molecule has 1 amide bonds. The summed E-state index contributed by atoms with van der Waals surface area (Å²) in [5.41, 5.74) is -0.794. The Hall–Kier alpha value is -1.04. The van der Waals surface area contributed by atoms with Crippen molar-refractivity contribution < 1.29 is 4.79 Å². The third-order valence-corrected chi connectivity index (χ3v) is 4.41. The minimum atomic E-state index is -0.722. The van der Waals surface area contributed by atoms with E-state index < -0.39 is 5.41 Å². The summed E-state index contributed by atoms with van der Waals surface area (Å²) in [5.74, 6) is 0.488. The van der Waals surface area contributed by atoms with Crippen molar-refractivity contribution in [2.24, 2.45) is 11.3 Å². The third kappa shape index (κ3) is 2.31. The number of hydrogen-bond acceptors (Lipinski definition) is 2. The summed E-state index contributed by atoms with van der Waals surface area (Å²) in [7, 11) is 0. The molecule has 0 aromatic rings. The monoisotopic (exact) mass is 234 g/mol. The molecule has 2 aliphatic rings. The van der Waals surface area contributed by atoms with Crippen LogP contribution in [0.5, 0.6) is 0 Å². The second kappa shape index (κ2) is 4.33. The Morgan fingerprint density at radius 3 is 2.35 bits per heavy atom. The number of carbonyl (C=O) groups is 1. The van der Waals surface area contributed by atoms with Crippen molar-refractivity contribution in [3.63, 3.8) is 0 Å². The Morgan fingerprint density at radius 1 is 1.29 bits per heavy atom. The molecule has 0 aliphatic heterocycles. The largest absolute Gasteiger partial charge is 0.350 e. The molecule has 2 rings (SSSR count). The summed E-state index contributed by atoms with van der Waals surface area (Å²) in [6.07, 6.45) is 7.20. The fraction of sp³-hybridized carbons (Fsp3) is 0.857. The van der Waals surface area contributed by atoms with Gasteiger partial charge in [0.25, 0.3) is 0 Å². The first-order valence-electron chi connectivity index (χ1n) is 6.74. The summed E-state index contributed by atoms with van der Waals surface area (Å²) in [6.45, 7) is 4.22. The van der Waals surface area contributed by atoms with Gasteiger partial charge in [0.15, 0.2) is 0 Å². The zero-order valence-corrected chi connectivity index (χ0v) is 10.9. The minimum Gasteiger partial charge on any atom is -0.350 e. The topological polar surface area (TPSA) is 52.9 Å². The minimum absolute atomic E-state index is 0.0255. The lowest BCUT2D eigenvalue weighted by molar-refractivity contribution is -0.136. The van der Waals surface area contributed by atoms with E-state index in [0.717, 1.165) is 25.7 Å². The third-order valence-electron chi connectivity index (χ3n) is 4.41. The van der Waals surface area contributed by atoms with Gasteiger partial charge in [-0.3, -0.25) is 4.79 Å². The summed E-state index contributed by atoms with van der Waals surface area (Å²) < 4.78 is 0. The molecule has 0 atom stereocenters. The predicted molar refractivity (Wildman–Crippen MR) is 66.1 cm³/mol. The fourth-order valence-electron chi connectivity index (χ4n) is 3.31. The van der Waals surface area contributed by atoms with Gasteiger partial charge in [-0.2, -0.15) is 5.26 Å². The van der Waals surface area contributed by atoms with E-state index in [9.17, 15) is 10.1 Å². The predicted octanol–water partition coefficient (Wildman–Crippen LogP) is 2.77. The molecule has 0 unspecified atom stereocenters. The highest BCUT2D eigenvalue weighted by Crippen LogP contribution is 2.45. The van der Waals surface area contributed by atoms with Crippen molar-refractivity contribution in [3.05, 3.63) is 0 Å². The van der Waals surface area contributed by atoms with Crippen LogP contribution in [0.4, 0.5) is 0 Å². The molecule has 2 saturated carbocycles. The van der Waals surface area contributed by atoms with Gasteiger partial charge in [-0.1, -0.05) is 26.2 Å². The highest BCUT2D eigenvalue weighted by atomic mass is 16.2. The average molecular weight is 234 g/mol. The van der Waals surface area contributed by atoms with Crippen LogP contribution in [-0.2, 0) is 4.79 Å².